The van der Waals surface area contributed by atoms with Gasteiger partial charge in [0.1, 0.15) is 5.78 Å². The molecule has 104 valence electrons. The Balaban J connectivity index is 3.12. The number of ketones is 1. The van der Waals surface area contributed by atoms with Gasteiger partial charge in [0.25, 0.3) is 0 Å². The normalized spacial score (nSPS) is 14.6. The first-order chi connectivity index (χ1) is 8.64. The molecule has 1 unspecified atom stereocenters. The van der Waals surface area contributed by atoms with Gasteiger partial charge in [-0.05, 0) is 6.92 Å². The predicted octanol–water partition coefficient (Wildman–Crippen LogP) is 3.99. The molecule has 1 nitrogen and oxygen atoms in total. The van der Waals surface area contributed by atoms with Crippen molar-refractivity contribution in [1.29, 1.82) is 0 Å². The van der Waals surface area contributed by atoms with Crippen molar-refractivity contribution in [2.45, 2.75) is 45.2 Å². The number of rotatable bonds is 5. The molecule has 0 heterocycles. The molecule has 0 aliphatic carbocycles. The molecule has 0 spiro atoms. The van der Waals surface area contributed by atoms with E-state index >= 15 is 0 Å². The SMILES string of the molecule is CC(=O)C(C=C[Si](C)(C)C)[Si](C)(C)c1ccccc1. The Kier molecular flexibility index (Phi) is 5.10. The lowest BCUT2D eigenvalue weighted by atomic mass is 10.3. The number of carbonyl (C=O) groups excluding carboxylic acids is 1. The maximum atomic E-state index is 12.1. The summed E-state index contributed by atoms with van der Waals surface area (Å²) in [6, 6.07) is 10.5. The molecule has 1 atom stereocenters. The van der Waals surface area contributed by atoms with Crippen molar-refractivity contribution in [2.24, 2.45) is 0 Å². The first-order valence-corrected chi connectivity index (χ1v) is 13.6. The molecular weight excluding hydrogens is 264 g/mol. The van der Waals surface area contributed by atoms with Crippen LogP contribution in [0.5, 0.6) is 0 Å². The third-order valence-electron chi connectivity index (χ3n) is 3.52. The van der Waals surface area contributed by atoms with Crippen LogP contribution in [0.15, 0.2) is 42.1 Å². The largest absolute Gasteiger partial charge is 0.300 e. The van der Waals surface area contributed by atoms with E-state index in [1.165, 1.54) is 5.19 Å². The summed E-state index contributed by atoms with van der Waals surface area (Å²) >= 11 is 0. The molecule has 1 rings (SSSR count). The van der Waals surface area contributed by atoms with Crippen LogP contribution in [0.2, 0.25) is 38.3 Å². The fourth-order valence-corrected chi connectivity index (χ4v) is 6.28. The third kappa shape index (κ3) is 4.58. The van der Waals surface area contributed by atoms with Crippen molar-refractivity contribution in [1.82, 2.24) is 0 Å². The average Bonchev–Trinajstić information content (AvgIpc) is 2.28. The van der Waals surface area contributed by atoms with Crippen LogP contribution in [0.3, 0.4) is 0 Å². The summed E-state index contributed by atoms with van der Waals surface area (Å²) < 4.78 is 0. The molecule has 1 aromatic rings. The molecule has 19 heavy (non-hydrogen) atoms. The second-order valence-corrected chi connectivity index (χ2v) is 16.6. The van der Waals surface area contributed by atoms with Gasteiger partial charge in [-0.3, -0.25) is 4.79 Å². The first kappa shape index (κ1) is 16.1. The molecule has 0 bridgehead atoms. The minimum Gasteiger partial charge on any atom is -0.300 e. The number of hydrogen-bond acceptors (Lipinski definition) is 1. The molecule has 0 amide bonds. The van der Waals surface area contributed by atoms with E-state index < -0.39 is 16.1 Å². The van der Waals surface area contributed by atoms with E-state index in [1.807, 2.05) is 6.07 Å². The van der Waals surface area contributed by atoms with Gasteiger partial charge in [0.05, 0.1) is 16.1 Å². The zero-order valence-corrected chi connectivity index (χ0v) is 15.0. The third-order valence-corrected chi connectivity index (χ3v) is 8.69. The van der Waals surface area contributed by atoms with Crippen LogP contribution in [0, 0.1) is 0 Å². The van der Waals surface area contributed by atoms with E-state index in [1.54, 1.807) is 6.92 Å². The highest BCUT2D eigenvalue weighted by Crippen LogP contribution is 2.25. The number of allylic oxidation sites excluding steroid dienone is 1. The van der Waals surface area contributed by atoms with E-state index in [-0.39, 0.29) is 5.54 Å². The lowest BCUT2D eigenvalue weighted by Gasteiger charge is -2.29. The number of Topliss-reactive ketones (excluding diaryl/α,β-unsaturated/α-hetero) is 1. The molecule has 0 saturated carbocycles. The van der Waals surface area contributed by atoms with Gasteiger partial charge in [0.2, 0.25) is 0 Å². The maximum absolute atomic E-state index is 12.1. The van der Waals surface area contributed by atoms with Crippen LogP contribution < -0.4 is 5.19 Å². The van der Waals surface area contributed by atoms with Crippen molar-refractivity contribution in [3.63, 3.8) is 0 Å². The highest BCUT2D eigenvalue weighted by Gasteiger charge is 2.35. The van der Waals surface area contributed by atoms with Gasteiger partial charge in [0, 0.05) is 5.54 Å². The van der Waals surface area contributed by atoms with Gasteiger partial charge >= 0.3 is 0 Å². The van der Waals surface area contributed by atoms with Gasteiger partial charge in [-0.15, -0.1) is 0 Å². The molecule has 0 aliphatic rings. The topological polar surface area (TPSA) is 17.1 Å². The lowest BCUT2D eigenvalue weighted by molar-refractivity contribution is -0.116. The minimum atomic E-state index is -1.79. The quantitative estimate of drug-likeness (QED) is 0.749. The summed E-state index contributed by atoms with van der Waals surface area (Å²) in [6.45, 7) is 13.2. The van der Waals surface area contributed by atoms with E-state index in [0.29, 0.717) is 5.78 Å². The minimum absolute atomic E-state index is 0.0848. The molecular formula is C16H26OSi2. The Labute approximate surface area is 119 Å². The fraction of sp³-hybridized carbons (Fsp3) is 0.438. The fourth-order valence-electron chi connectivity index (χ4n) is 2.32. The van der Waals surface area contributed by atoms with Crippen LogP contribution in [0.1, 0.15) is 6.92 Å². The van der Waals surface area contributed by atoms with E-state index in [4.69, 9.17) is 0 Å². The lowest BCUT2D eigenvalue weighted by Crippen LogP contribution is -2.47. The van der Waals surface area contributed by atoms with Crippen LogP contribution in [0.25, 0.3) is 0 Å². The smallest absolute Gasteiger partial charge is 0.134 e. The molecule has 3 heteroatoms. The summed E-state index contributed by atoms with van der Waals surface area (Å²) in [7, 11) is -3.04. The monoisotopic (exact) mass is 290 g/mol. The van der Waals surface area contributed by atoms with Crippen molar-refractivity contribution in [3.05, 3.63) is 42.1 Å². The highest BCUT2D eigenvalue weighted by molar-refractivity contribution is 6.93. The van der Waals surface area contributed by atoms with Crippen LogP contribution in [-0.4, -0.2) is 21.9 Å². The Morgan fingerprint density at radius 1 is 1.05 bits per heavy atom. The zero-order valence-electron chi connectivity index (χ0n) is 13.0. The van der Waals surface area contributed by atoms with E-state index in [9.17, 15) is 4.79 Å². The Hall–Kier alpha value is -0.936. The molecule has 0 aliphatic heterocycles. The molecule has 0 N–H and O–H groups in total. The second-order valence-electron chi connectivity index (χ2n) is 6.90. The number of carbonyl (C=O) groups is 1. The van der Waals surface area contributed by atoms with Crippen molar-refractivity contribution in [2.75, 3.05) is 0 Å². The number of hydrogen-bond donors (Lipinski definition) is 0. The summed E-state index contributed by atoms with van der Waals surface area (Å²) in [5.41, 5.74) is 2.40. The Bertz CT molecular complexity index is 455. The van der Waals surface area contributed by atoms with Crippen LogP contribution in [0.4, 0.5) is 0 Å². The predicted molar refractivity (Wildman–Crippen MR) is 90.5 cm³/mol. The van der Waals surface area contributed by atoms with Gasteiger partial charge in [-0.25, -0.2) is 0 Å². The van der Waals surface area contributed by atoms with Crippen LogP contribution >= 0.6 is 0 Å². The van der Waals surface area contributed by atoms with E-state index in [2.05, 4.69) is 68.8 Å². The van der Waals surface area contributed by atoms with Gasteiger partial charge < -0.3 is 0 Å². The van der Waals surface area contributed by atoms with Gasteiger partial charge in [-0.1, -0.05) is 80.0 Å². The Morgan fingerprint density at radius 2 is 1.58 bits per heavy atom. The molecule has 1 aromatic carbocycles. The van der Waals surface area contributed by atoms with E-state index in [0.717, 1.165) is 0 Å². The highest BCUT2D eigenvalue weighted by atomic mass is 28.3. The molecule has 0 fully saturated rings. The van der Waals surface area contributed by atoms with Crippen LogP contribution in [-0.2, 0) is 4.79 Å². The zero-order chi connectivity index (χ0) is 14.7. The van der Waals surface area contributed by atoms with Gasteiger partial charge in [-0.2, -0.15) is 0 Å². The summed E-state index contributed by atoms with van der Waals surface area (Å²) in [4.78, 5) is 12.1. The average molecular weight is 291 g/mol. The van der Waals surface area contributed by atoms with Crippen molar-refractivity contribution in [3.8, 4) is 0 Å². The molecule has 0 radical (unpaired) electrons. The molecule has 0 saturated heterocycles. The number of benzene rings is 1. The maximum Gasteiger partial charge on any atom is 0.134 e. The van der Waals surface area contributed by atoms with Crippen molar-refractivity contribution < 1.29 is 4.79 Å². The van der Waals surface area contributed by atoms with Crippen molar-refractivity contribution >= 4 is 27.1 Å². The summed E-state index contributed by atoms with van der Waals surface area (Å²) in [6.07, 6.45) is 2.20. The first-order valence-electron chi connectivity index (χ1n) is 6.90. The summed E-state index contributed by atoms with van der Waals surface area (Å²) in [5.74, 6) is 0.301. The summed E-state index contributed by atoms with van der Waals surface area (Å²) in [5, 5.41) is 1.36. The van der Waals surface area contributed by atoms with Gasteiger partial charge in [0.15, 0.2) is 0 Å². The second kappa shape index (κ2) is 6.01. The Morgan fingerprint density at radius 3 is 2.00 bits per heavy atom. The standard InChI is InChI=1S/C16H26OSi2/c1-14(17)16(12-13-18(2,3)4)19(5,6)15-10-8-7-9-11-15/h7-13,16H,1-6H3. The molecule has 0 aromatic heterocycles.